The predicted octanol–water partition coefficient (Wildman–Crippen LogP) is 5.10. The monoisotopic (exact) mass is 414 g/mol. The van der Waals surface area contributed by atoms with Gasteiger partial charge in [-0.05, 0) is 54.9 Å². The molecule has 2 aliphatic carbocycles. The van der Waals surface area contributed by atoms with Gasteiger partial charge in [-0.25, -0.2) is 0 Å². The number of anilines is 2. The van der Waals surface area contributed by atoms with Crippen molar-refractivity contribution < 1.29 is 0 Å². The van der Waals surface area contributed by atoms with Crippen molar-refractivity contribution in [1.82, 2.24) is 5.32 Å². The fraction of sp³-hybridized carbons (Fsp3) is 0.333. The SMILES string of the molecule is CC1C=CC=C2C=CC=C(NC(N)CCC(C)N(C)c3cccc4cccc(N)c34)C21. The molecule has 0 heterocycles. The molecule has 0 radical (unpaired) electrons. The Morgan fingerprint density at radius 1 is 1.06 bits per heavy atom. The number of nitrogen functional groups attached to an aromatic ring is 1. The van der Waals surface area contributed by atoms with Crippen molar-refractivity contribution in [3.05, 3.63) is 84.1 Å². The van der Waals surface area contributed by atoms with Crippen LogP contribution in [-0.2, 0) is 0 Å². The van der Waals surface area contributed by atoms with Crippen molar-refractivity contribution in [2.24, 2.45) is 17.6 Å². The third kappa shape index (κ3) is 4.40. The molecule has 0 spiro atoms. The molecular weight excluding hydrogens is 380 g/mol. The van der Waals surface area contributed by atoms with Gasteiger partial charge < -0.3 is 21.7 Å². The number of fused-ring (bicyclic) bond motifs is 2. The maximum Gasteiger partial charge on any atom is 0.0741 e. The first-order chi connectivity index (χ1) is 15.0. The molecule has 4 rings (SSSR count). The smallest absolute Gasteiger partial charge is 0.0741 e. The van der Waals surface area contributed by atoms with E-state index in [1.165, 1.54) is 22.3 Å². The Balaban J connectivity index is 1.39. The quantitative estimate of drug-likeness (QED) is 0.435. The van der Waals surface area contributed by atoms with E-state index in [9.17, 15) is 0 Å². The highest BCUT2D eigenvalue weighted by Gasteiger charge is 2.27. The van der Waals surface area contributed by atoms with Crippen molar-refractivity contribution in [1.29, 1.82) is 0 Å². The molecule has 0 amide bonds. The topological polar surface area (TPSA) is 67.3 Å². The second-order valence-electron chi connectivity index (χ2n) is 8.88. The fourth-order valence-electron chi connectivity index (χ4n) is 4.77. The Morgan fingerprint density at radius 2 is 1.84 bits per heavy atom. The van der Waals surface area contributed by atoms with Crippen LogP contribution in [0.3, 0.4) is 0 Å². The van der Waals surface area contributed by atoms with Crippen LogP contribution in [0, 0.1) is 11.8 Å². The predicted molar refractivity (Wildman–Crippen MR) is 134 cm³/mol. The van der Waals surface area contributed by atoms with Crippen LogP contribution in [0.4, 0.5) is 11.4 Å². The molecule has 31 heavy (non-hydrogen) atoms. The molecule has 4 heteroatoms. The standard InChI is InChI=1S/C27H34N4/c1-18-8-4-9-20-11-6-14-23(26(18)20)30-25(29)17-16-19(2)31(3)24-15-7-12-21-10-5-13-22(28)27(21)24/h4-15,18-19,25-26,30H,16-17,28-29H2,1-3H3. The molecule has 0 saturated heterocycles. The Morgan fingerprint density at radius 3 is 2.65 bits per heavy atom. The van der Waals surface area contributed by atoms with Crippen molar-refractivity contribution >= 4 is 22.1 Å². The van der Waals surface area contributed by atoms with E-state index in [2.05, 4.69) is 91.8 Å². The lowest BCUT2D eigenvalue weighted by Crippen LogP contribution is -2.42. The first kappa shape index (κ1) is 21.3. The van der Waals surface area contributed by atoms with Gasteiger partial charge >= 0.3 is 0 Å². The van der Waals surface area contributed by atoms with Crippen LogP contribution in [0.1, 0.15) is 26.7 Å². The van der Waals surface area contributed by atoms with E-state index < -0.39 is 0 Å². The van der Waals surface area contributed by atoms with Gasteiger partial charge in [-0.3, -0.25) is 0 Å². The van der Waals surface area contributed by atoms with Gasteiger partial charge in [0, 0.05) is 41.5 Å². The Hall–Kier alpha value is -2.98. The summed E-state index contributed by atoms with van der Waals surface area (Å²) < 4.78 is 0. The number of rotatable bonds is 7. The van der Waals surface area contributed by atoms with E-state index in [1.54, 1.807) is 0 Å². The molecule has 0 fully saturated rings. The highest BCUT2D eigenvalue weighted by atomic mass is 15.1. The van der Waals surface area contributed by atoms with Crippen LogP contribution in [0.15, 0.2) is 84.1 Å². The first-order valence-corrected chi connectivity index (χ1v) is 11.2. The van der Waals surface area contributed by atoms with Gasteiger partial charge in [0.15, 0.2) is 0 Å². The minimum atomic E-state index is -0.0782. The summed E-state index contributed by atoms with van der Waals surface area (Å²) in [5.74, 6) is 0.845. The minimum Gasteiger partial charge on any atom is -0.398 e. The Labute approximate surface area is 186 Å². The Kier molecular flexibility index (Phi) is 6.19. The van der Waals surface area contributed by atoms with E-state index in [4.69, 9.17) is 11.5 Å². The summed E-state index contributed by atoms with van der Waals surface area (Å²) in [6, 6.07) is 12.8. The van der Waals surface area contributed by atoms with E-state index in [-0.39, 0.29) is 6.17 Å². The summed E-state index contributed by atoms with van der Waals surface area (Å²) in [6.07, 6.45) is 14.9. The maximum absolute atomic E-state index is 6.52. The summed E-state index contributed by atoms with van der Waals surface area (Å²) in [6.45, 7) is 4.52. The first-order valence-electron chi connectivity index (χ1n) is 11.2. The molecule has 162 valence electrons. The van der Waals surface area contributed by atoms with E-state index in [0.29, 0.717) is 17.9 Å². The summed E-state index contributed by atoms with van der Waals surface area (Å²) in [4.78, 5) is 2.32. The molecule has 2 aromatic carbocycles. The fourth-order valence-corrected chi connectivity index (χ4v) is 4.77. The van der Waals surface area contributed by atoms with Crippen LogP contribution in [0.5, 0.6) is 0 Å². The molecule has 0 saturated carbocycles. The van der Waals surface area contributed by atoms with Gasteiger partial charge in [0.2, 0.25) is 0 Å². The number of allylic oxidation sites excluding steroid dienone is 7. The summed E-state index contributed by atoms with van der Waals surface area (Å²) in [5.41, 5.74) is 17.4. The summed E-state index contributed by atoms with van der Waals surface area (Å²) >= 11 is 0. The zero-order valence-electron chi connectivity index (χ0n) is 18.8. The highest BCUT2D eigenvalue weighted by molar-refractivity contribution is 6.02. The third-order valence-corrected chi connectivity index (χ3v) is 6.69. The van der Waals surface area contributed by atoms with Crippen LogP contribution >= 0.6 is 0 Å². The van der Waals surface area contributed by atoms with Gasteiger partial charge in [0.25, 0.3) is 0 Å². The second-order valence-corrected chi connectivity index (χ2v) is 8.88. The number of nitrogens with two attached hydrogens (primary N) is 2. The molecule has 0 aromatic heterocycles. The van der Waals surface area contributed by atoms with Crippen molar-refractivity contribution in [3.63, 3.8) is 0 Å². The molecule has 4 atom stereocenters. The number of benzene rings is 2. The largest absolute Gasteiger partial charge is 0.398 e. The Bertz CT molecular complexity index is 1060. The van der Waals surface area contributed by atoms with Crippen LogP contribution in [0.2, 0.25) is 0 Å². The van der Waals surface area contributed by atoms with Gasteiger partial charge in [-0.1, -0.05) is 61.6 Å². The van der Waals surface area contributed by atoms with Gasteiger partial charge in [-0.2, -0.15) is 0 Å². The minimum absolute atomic E-state index is 0.0782. The number of hydrogen-bond acceptors (Lipinski definition) is 4. The van der Waals surface area contributed by atoms with Crippen LogP contribution in [-0.4, -0.2) is 19.3 Å². The van der Waals surface area contributed by atoms with Gasteiger partial charge in [0.05, 0.1) is 6.17 Å². The number of nitrogens with zero attached hydrogens (tertiary/aromatic N) is 1. The molecule has 4 nitrogen and oxygen atoms in total. The molecule has 2 aromatic rings. The normalized spacial score (nSPS) is 21.8. The van der Waals surface area contributed by atoms with E-state index in [0.717, 1.165) is 23.9 Å². The summed E-state index contributed by atoms with van der Waals surface area (Å²) in [5, 5.41) is 5.89. The zero-order chi connectivity index (χ0) is 22.0. The van der Waals surface area contributed by atoms with E-state index in [1.807, 2.05) is 12.1 Å². The molecule has 2 aliphatic rings. The molecule has 4 unspecified atom stereocenters. The molecule has 5 N–H and O–H groups in total. The highest BCUT2D eigenvalue weighted by Crippen LogP contribution is 2.35. The second kappa shape index (κ2) is 9.03. The average molecular weight is 415 g/mol. The molecule has 0 bridgehead atoms. The van der Waals surface area contributed by atoms with Crippen molar-refractivity contribution in [2.75, 3.05) is 17.7 Å². The van der Waals surface area contributed by atoms with E-state index >= 15 is 0 Å². The number of nitrogens with one attached hydrogen (secondary N) is 1. The molecular formula is C27H34N4. The lowest BCUT2D eigenvalue weighted by Gasteiger charge is -2.33. The number of hydrogen-bond donors (Lipinski definition) is 3. The van der Waals surface area contributed by atoms with Crippen molar-refractivity contribution in [3.8, 4) is 0 Å². The van der Waals surface area contributed by atoms with Crippen LogP contribution in [0.25, 0.3) is 10.8 Å². The zero-order valence-corrected chi connectivity index (χ0v) is 18.8. The van der Waals surface area contributed by atoms with Crippen molar-refractivity contribution in [2.45, 2.75) is 38.9 Å². The van der Waals surface area contributed by atoms with Crippen LogP contribution < -0.4 is 21.7 Å². The average Bonchev–Trinajstić information content (AvgIpc) is 2.77. The lowest BCUT2D eigenvalue weighted by molar-refractivity contribution is 0.441. The maximum atomic E-state index is 6.52. The lowest BCUT2D eigenvalue weighted by atomic mass is 9.78. The third-order valence-electron chi connectivity index (χ3n) is 6.69. The summed E-state index contributed by atoms with van der Waals surface area (Å²) in [7, 11) is 2.15. The van der Waals surface area contributed by atoms with Gasteiger partial charge in [-0.15, -0.1) is 0 Å². The van der Waals surface area contributed by atoms with Gasteiger partial charge in [0.1, 0.15) is 0 Å². The molecule has 0 aliphatic heterocycles.